The van der Waals surface area contributed by atoms with E-state index < -0.39 is 0 Å². The summed E-state index contributed by atoms with van der Waals surface area (Å²) in [6.07, 6.45) is 3.51. The van der Waals surface area contributed by atoms with Crippen LogP contribution < -0.4 is 10.6 Å². The molecule has 22 heavy (non-hydrogen) atoms. The minimum Gasteiger partial charge on any atom is -0.355 e. The van der Waals surface area contributed by atoms with Gasteiger partial charge >= 0.3 is 6.03 Å². The molecule has 2 fully saturated rings. The average Bonchev–Trinajstić information content (AvgIpc) is 3.07. The highest BCUT2D eigenvalue weighted by molar-refractivity contribution is 5.86. The minimum absolute atomic E-state index is 0.0274. The molecule has 0 saturated carbocycles. The summed E-state index contributed by atoms with van der Waals surface area (Å²) >= 11 is 0. The lowest BCUT2D eigenvalue weighted by atomic mass is 9.96. The fourth-order valence-electron chi connectivity index (χ4n) is 3.01. The second-order valence-electron chi connectivity index (χ2n) is 5.91. The first-order valence-electron chi connectivity index (χ1n) is 8.20. The van der Waals surface area contributed by atoms with Gasteiger partial charge in [0.05, 0.1) is 6.54 Å². The molecule has 124 valence electrons. The molecule has 0 atom stereocenters. The van der Waals surface area contributed by atoms with Crippen LogP contribution in [0.5, 0.6) is 0 Å². The monoisotopic (exact) mass is 310 g/mol. The maximum absolute atomic E-state index is 12.3. The van der Waals surface area contributed by atoms with E-state index in [9.17, 15) is 14.4 Å². The fraction of sp³-hybridized carbons (Fsp3) is 0.800. The van der Waals surface area contributed by atoms with Crippen molar-refractivity contribution < 1.29 is 14.4 Å². The highest BCUT2D eigenvalue weighted by Gasteiger charge is 2.30. The van der Waals surface area contributed by atoms with Crippen LogP contribution in [0.4, 0.5) is 4.79 Å². The van der Waals surface area contributed by atoms with Gasteiger partial charge in [-0.25, -0.2) is 4.79 Å². The van der Waals surface area contributed by atoms with Crippen LogP contribution in [0.15, 0.2) is 0 Å². The largest absolute Gasteiger partial charge is 0.355 e. The number of nitrogens with one attached hydrogen (secondary N) is 2. The number of rotatable bonds is 4. The topological polar surface area (TPSA) is 81.8 Å². The van der Waals surface area contributed by atoms with Crippen LogP contribution in [-0.2, 0) is 9.59 Å². The predicted molar refractivity (Wildman–Crippen MR) is 82.2 cm³/mol. The van der Waals surface area contributed by atoms with E-state index >= 15 is 0 Å². The number of carbonyl (C=O) groups excluding carboxylic acids is 3. The van der Waals surface area contributed by atoms with Gasteiger partial charge in [0.2, 0.25) is 11.8 Å². The molecule has 2 saturated heterocycles. The lowest BCUT2D eigenvalue weighted by molar-refractivity contribution is -0.129. The van der Waals surface area contributed by atoms with Crippen LogP contribution in [0.3, 0.4) is 0 Å². The van der Waals surface area contributed by atoms with E-state index in [0.29, 0.717) is 32.5 Å². The molecule has 4 amide bonds. The van der Waals surface area contributed by atoms with Crippen molar-refractivity contribution in [3.05, 3.63) is 0 Å². The fourth-order valence-corrected chi connectivity index (χ4v) is 3.01. The second kappa shape index (κ2) is 8.00. The quantitative estimate of drug-likeness (QED) is 0.776. The predicted octanol–water partition coefficient (Wildman–Crippen LogP) is 0.167. The zero-order chi connectivity index (χ0) is 15.9. The van der Waals surface area contributed by atoms with Crippen LogP contribution in [0.2, 0.25) is 0 Å². The molecule has 7 heteroatoms. The minimum atomic E-state index is -0.169. The third-order valence-electron chi connectivity index (χ3n) is 4.31. The molecule has 0 radical (unpaired) electrons. The number of hydrogen-bond donors (Lipinski definition) is 2. The molecule has 2 aliphatic rings. The van der Waals surface area contributed by atoms with Gasteiger partial charge in [0.15, 0.2) is 0 Å². The highest BCUT2D eigenvalue weighted by atomic mass is 16.2. The summed E-state index contributed by atoms with van der Waals surface area (Å²) in [5, 5.41) is 5.32. The Morgan fingerprint density at radius 2 is 1.55 bits per heavy atom. The van der Waals surface area contributed by atoms with Crippen molar-refractivity contribution in [3.8, 4) is 0 Å². The number of urea groups is 1. The molecule has 2 rings (SSSR count). The number of piperidine rings is 1. The third kappa shape index (κ3) is 4.35. The molecule has 0 unspecified atom stereocenters. The van der Waals surface area contributed by atoms with Gasteiger partial charge in [-0.3, -0.25) is 9.59 Å². The van der Waals surface area contributed by atoms with E-state index in [1.54, 1.807) is 0 Å². The van der Waals surface area contributed by atoms with Crippen molar-refractivity contribution in [1.29, 1.82) is 0 Å². The van der Waals surface area contributed by atoms with Gasteiger partial charge in [-0.05, 0) is 32.6 Å². The molecule has 0 aromatic carbocycles. The molecule has 2 heterocycles. The van der Waals surface area contributed by atoms with Gasteiger partial charge in [0, 0.05) is 38.6 Å². The van der Waals surface area contributed by atoms with Crippen molar-refractivity contribution in [2.45, 2.75) is 32.6 Å². The SMILES string of the molecule is CCNC(=O)CNC(=O)C1CCN(C(=O)N2CCCC2)CC1. The molecule has 0 aliphatic carbocycles. The molecule has 0 aromatic heterocycles. The number of likely N-dealkylation sites (N-methyl/N-ethyl adjacent to an activating group) is 1. The van der Waals surface area contributed by atoms with Crippen LogP contribution in [0.1, 0.15) is 32.6 Å². The maximum atomic E-state index is 12.3. The van der Waals surface area contributed by atoms with Gasteiger partial charge in [-0.15, -0.1) is 0 Å². The van der Waals surface area contributed by atoms with Gasteiger partial charge in [0.25, 0.3) is 0 Å². The first-order valence-corrected chi connectivity index (χ1v) is 8.20. The highest BCUT2D eigenvalue weighted by Crippen LogP contribution is 2.20. The number of hydrogen-bond acceptors (Lipinski definition) is 3. The van der Waals surface area contributed by atoms with Crippen LogP contribution in [0, 0.1) is 5.92 Å². The zero-order valence-corrected chi connectivity index (χ0v) is 13.3. The Hall–Kier alpha value is -1.79. The van der Waals surface area contributed by atoms with Crippen molar-refractivity contribution >= 4 is 17.8 Å². The first-order chi connectivity index (χ1) is 10.6. The Balaban J connectivity index is 1.70. The van der Waals surface area contributed by atoms with E-state index in [0.717, 1.165) is 25.9 Å². The van der Waals surface area contributed by atoms with Crippen molar-refractivity contribution in [3.63, 3.8) is 0 Å². The second-order valence-corrected chi connectivity index (χ2v) is 5.91. The van der Waals surface area contributed by atoms with Crippen LogP contribution >= 0.6 is 0 Å². The van der Waals surface area contributed by atoms with Gasteiger partial charge in [-0.1, -0.05) is 0 Å². The Morgan fingerprint density at radius 3 is 2.14 bits per heavy atom. The molecule has 2 N–H and O–H groups in total. The van der Waals surface area contributed by atoms with Crippen molar-refractivity contribution in [2.24, 2.45) is 5.92 Å². The van der Waals surface area contributed by atoms with E-state index in [4.69, 9.17) is 0 Å². The van der Waals surface area contributed by atoms with Crippen molar-refractivity contribution in [2.75, 3.05) is 39.3 Å². The normalized spacial score (nSPS) is 19.1. The lowest BCUT2D eigenvalue weighted by Gasteiger charge is -2.34. The number of amides is 4. The maximum Gasteiger partial charge on any atom is 0.319 e. The summed E-state index contributed by atoms with van der Waals surface area (Å²) in [5.74, 6) is -0.353. The summed E-state index contributed by atoms with van der Waals surface area (Å²) in [5.41, 5.74) is 0. The Labute approximate surface area is 131 Å². The molecule has 0 spiro atoms. The summed E-state index contributed by atoms with van der Waals surface area (Å²) in [7, 11) is 0. The van der Waals surface area contributed by atoms with Gasteiger partial charge < -0.3 is 20.4 Å². The Kier molecular flexibility index (Phi) is 6.03. The van der Waals surface area contributed by atoms with E-state index in [2.05, 4.69) is 10.6 Å². The zero-order valence-electron chi connectivity index (χ0n) is 13.3. The Bertz CT molecular complexity index is 413. The van der Waals surface area contributed by atoms with Gasteiger partial charge in [0.1, 0.15) is 0 Å². The number of carbonyl (C=O) groups is 3. The third-order valence-corrected chi connectivity index (χ3v) is 4.31. The molecular weight excluding hydrogens is 284 g/mol. The molecule has 2 aliphatic heterocycles. The van der Waals surface area contributed by atoms with E-state index in [1.807, 2.05) is 16.7 Å². The number of likely N-dealkylation sites (tertiary alicyclic amines) is 2. The molecule has 7 nitrogen and oxygen atoms in total. The Morgan fingerprint density at radius 1 is 0.955 bits per heavy atom. The summed E-state index contributed by atoms with van der Waals surface area (Å²) in [6, 6.07) is 0.110. The molecule has 0 aromatic rings. The van der Waals surface area contributed by atoms with Crippen LogP contribution in [-0.4, -0.2) is 66.9 Å². The van der Waals surface area contributed by atoms with Gasteiger partial charge in [-0.2, -0.15) is 0 Å². The van der Waals surface area contributed by atoms with Crippen molar-refractivity contribution in [1.82, 2.24) is 20.4 Å². The lowest BCUT2D eigenvalue weighted by Crippen LogP contribution is -2.48. The summed E-state index contributed by atoms with van der Waals surface area (Å²) in [4.78, 5) is 39.4. The summed E-state index contributed by atoms with van der Waals surface area (Å²) < 4.78 is 0. The van der Waals surface area contributed by atoms with E-state index in [-0.39, 0.29) is 30.3 Å². The number of nitrogens with zero attached hydrogens (tertiary/aromatic N) is 2. The average molecular weight is 310 g/mol. The smallest absolute Gasteiger partial charge is 0.319 e. The first kappa shape index (κ1) is 16.6. The molecule has 0 bridgehead atoms. The standard InChI is InChI=1S/C15H26N4O3/c1-2-16-13(20)11-17-14(21)12-5-9-19(10-6-12)15(22)18-7-3-4-8-18/h12H,2-11H2,1H3,(H,16,20)(H,17,21). The molecular formula is C15H26N4O3. The van der Waals surface area contributed by atoms with E-state index in [1.165, 1.54) is 0 Å². The van der Waals surface area contributed by atoms with Crippen LogP contribution in [0.25, 0.3) is 0 Å². The summed E-state index contributed by atoms with van der Waals surface area (Å²) in [6.45, 7) is 5.37.